The number of benzene rings is 2. The Balaban J connectivity index is 1.97. The van der Waals surface area contributed by atoms with Crippen molar-refractivity contribution in [1.29, 1.82) is 0 Å². The standard InChI is InChI=1S/C22H30N4O/c1-4-7-21(27)26-20-9-6-8-19(14-20)16-25-22(23-5-2)24-15-18-12-10-17(3)11-13-18/h6,8-14H,4-5,7,15-16H2,1-3H3,(H,26,27)(H2,23,24,25). The molecule has 2 rings (SSSR count). The van der Waals surface area contributed by atoms with Crippen LogP contribution in [0.25, 0.3) is 0 Å². The van der Waals surface area contributed by atoms with Gasteiger partial charge in [-0.3, -0.25) is 4.79 Å². The van der Waals surface area contributed by atoms with E-state index in [-0.39, 0.29) is 5.91 Å². The van der Waals surface area contributed by atoms with Crippen molar-refractivity contribution < 1.29 is 4.79 Å². The van der Waals surface area contributed by atoms with E-state index in [9.17, 15) is 4.79 Å². The molecule has 2 aromatic rings. The smallest absolute Gasteiger partial charge is 0.224 e. The molecule has 27 heavy (non-hydrogen) atoms. The molecule has 0 aliphatic carbocycles. The van der Waals surface area contributed by atoms with Gasteiger partial charge >= 0.3 is 0 Å². The molecule has 0 fully saturated rings. The Morgan fingerprint density at radius 3 is 2.48 bits per heavy atom. The molecule has 144 valence electrons. The van der Waals surface area contributed by atoms with Crippen molar-refractivity contribution in [3.63, 3.8) is 0 Å². The highest BCUT2D eigenvalue weighted by molar-refractivity contribution is 5.90. The van der Waals surface area contributed by atoms with Crippen LogP contribution in [0, 0.1) is 6.92 Å². The first-order valence-corrected chi connectivity index (χ1v) is 9.57. The molecule has 0 atom stereocenters. The summed E-state index contributed by atoms with van der Waals surface area (Å²) in [6, 6.07) is 16.3. The summed E-state index contributed by atoms with van der Waals surface area (Å²) < 4.78 is 0. The Morgan fingerprint density at radius 1 is 1.00 bits per heavy atom. The third-order valence-corrected chi connectivity index (χ3v) is 4.03. The maximum absolute atomic E-state index is 11.8. The maximum atomic E-state index is 11.8. The lowest BCUT2D eigenvalue weighted by Crippen LogP contribution is -2.36. The van der Waals surface area contributed by atoms with Gasteiger partial charge in [0.15, 0.2) is 5.96 Å². The molecule has 3 N–H and O–H groups in total. The third-order valence-electron chi connectivity index (χ3n) is 4.03. The Labute approximate surface area is 162 Å². The molecule has 5 heteroatoms. The molecule has 5 nitrogen and oxygen atoms in total. The zero-order valence-electron chi connectivity index (χ0n) is 16.5. The van der Waals surface area contributed by atoms with Gasteiger partial charge in [-0.25, -0.2) is 4.99 Å². The van der Waals surface area contributed by atoms with Crippen LogP contribution in [0.3, 0.4) is 0 Å². The summed E-state index contributed by atoms with van der Waals surface area (Å²) in [6.07, 6.45) is 1.38. The van der Waals surface area contributed by atoms with E-state index in [1.165, 1.54) is 11.1 Å². The van der Waals surface area contributed by atoms with Gasteiger partial charge in [-0.15, -0.1) is 0 Å². The largest absolute Gasteiger partial charge is 0.357 e. The molecule has 0 unspecified atom stereocenters. The molecule has 0 radical (unpaired) electrons. The number of anilines is 1. The molecule has 0 saturated carbocycles. The van der Waals surface area contributed by atoms with E-state index in [1.807, 2.05) is 38.1 Å². The van der Waals surface area contributed by atoms with Crippen LogP contribution >= 0.6 is 0 Å². The van der Waals surface area contributed by atoms with Crippen molar-refractivity contribution in [2.45, 2.75) is 46.7 Å². The lowest BCUT2D eigenvalue weighted by Gasteiger charge is -2.12. The van der Waals surface area contributed by atoms with Crippen LogP contribution in [0.15, 0.2) is 53.5 Å². The number of nitrogens with zero attached hydrogens (tertiary/aromatic N) is 1. The highest BCUT2D eigenvalue weighted by Gasteiger charge is 2.03. The molecule has 0 heterocycles. The fraction of sp³-hybridized carbons (Fsp3) is 0.364. The van der Waals surface area contributed by atoms with E-state index in [0.717, 1.165) is 36.7 Å². The van der Waals surface area contributed by atoms with E-state index in [0.29, 0.717) is 13.0 Å². The first-order valence-electron chi connectivity index (χ1n) is 9.57. The summed E-state index contributed by atoms with van der Waals surface area (Å²) in [6.45, 7) is 8.19. The Hall–Kier alpha value is -2.82. The average Bonchev–Trinajstić information content (AvgIpc) is 2.66. The summed E-state index contributed by atoms with van der Waals surface area (Å²) in [5.41, 5.74) is 4.34. The van der Waals surface area contributed by atoms with Crippen LogP contribution in [0.5, 0.6) is 0 Å². The zero-order chi connectivity index (χ0) is 19.5. The van der Waals surface area contributed by atoms with Crippen LogP contribution in [-0.4, -0.2) is 18.4 Å². The number of nitrogens with one attached hydrogen (secondary N) is 3. The van der Waals surface area contributed by atoms with Crippen LogP contribution in [0.2, 0.25) is 0 Å². The molecular weight excluding hydrogens is 336 g/mol. The van der Waals surface area contributed by atoms with Crippen molar-refractivity contribution >= 4 is 17.6 Å². The van der Waals surface area contributed by atoms with E-state index >= 15 is 0 Å². The number of aryl methyl sites for hydroxylation is 1. The number of hydrogen-bond donors (Lipinski definition) is 3. The molecule has 0 spiro atoms. The molecule has 0 bridgehead atoms. The van der Waals surface area contributed by atoms with Gasteiger partial charge in [0, 0.05) is 25.2 Å². The Kier molecular flexibility index (Phi) is 8.36. The van der Waals surface area contributed by atoms with Crippen molar-refractivity contribution in [3.8, 4) is 0 Å². The third kappa shape index (κ3) is 7.52. The number of rotatable bonds is 8. The predicted octanol–water partition coefficient (Wildman–Crippen LogP) is 3.99. The zero-order valence-corrected chi connectivity index (χ0v) is 16.5. The Bertz CT molecular complexity index is 753. The van der Waals surface area contributed by atoms with Crippen molar-refractivity contribution in [1.82, 2.24) is 10.6 Å². The van der Waals surface area contributed by atoms with E-state index in [1.54, 1.807) is 0 Å². The number of carbonyl (C=O) groups is 1. The quantitative estimate of drug-likeness (QED) is 0.489. The summed E-state index contributed by atoms with van der Waals surface area (Å²) in [5, 5.41) is 9.56. The lowest BCUT2D eigenvalue weighted by atomic mass is 10.1. The highest BCUT2D eigenvalue weighted by atomic mass is 16.1. The van der Waals surface area contributed by atoms with Crippen LogP contribution in [0.1, 0.15) is 43.4 Å². The number of aliphatic imine (C=N–C) groups is 1. The second-order valence-corrected chi connectivity index (χ2v) is 6.53. The van der Waals surface area contributed by atoms with Crippen LogP contribution < -0.4 is 16.0 Å². The van der Waals surface area contributed by atoms with E-state index < -0.39 is 0 Å². The summed E-state index contributed by atoms with van der Waals surface area (Å²) >= 11 is 0. The highest BCUT2D eigenvalue weighted by Crippen LogP contribution is 2.12. The second kappa shape index (κ2) is 11.0. The van der Waals surface area contributed by atoms with Crippen molar-refractivity contribution in [3.05, 3.63) is 65.2 Å². The van der Waals surface area contributed by atoms with Gasteiger partial charge < -0.3 is 16.0 Å². The van der Waals surface area contributed by atoms with Gasteiger partial charge in [0.25, 0.3) is 0 Å². The number of carbonyl (C=O) groups excluding carboxylic acids is 1. The van der Waals surface area contributed by atoms with Crippen molar-refractivity contribution in [2.24, 2.45) is 4.99 Å². The summed E-state index contributed by atoms with van der Waals surface area (Å²) in [4.78, 5) is 16.4. The predicted molar refractivity (Wildman–Crippen MR) is 113 cm³/mol. The minimum atomic E-state index is 0.0475. The fourth-order valence-electron chi connectivity index (χ4n) is 2.60. The Morgan fingerprint density at radius 2 is 1.78 bits per heavy atom. The first kappa shape index (κ1) is 20.5. The monoisotopic (exact) mass is 366 g/mol. The molecule has 2 aromatic carbocycles. The average molecular weight is 367 g/mol. The van der Waals surface area contributed by atoms with Gasteiger partial charge in [-0.05, 0) is 43.5 Å². The minimum absolute atomic E-state index is 0.0475. The topological polar surface area (TPSA) is 65.5 Å². The first-order chi connectivity index (χ1) is 13.1. The fourth-order valence-corrected chi connectivity index (χ4v) is 2.60. The van der Waals surface area contributed by atoms with E-state index in [4.69, 9.17) is 0 Å². The number of amides is 1. The molecule has 1 amide bonds. The second-order valence-electron chi connectivity index (χ2n) is 6.53. The van der Waals surface area contributed by atoms with Gasteiger partial charge in [0.2, 0.25) is 5.91 Å². The SMILES string of the molecule is CCCC(=O)Nc1cccc(CN=C(NCC)NCc2ccc(C)cc2)c1. The molecular formula is C22H30N4O. The summed E-state index contributed by atoms with van der Waals surface area (Å²) in [5.74, 6) is 0.824. The van der Waals surface area contributed by atoms with Crippen LogP contribution in [0.4, 0.5) is 5.69 Å². The van der Waals surface area contributed by atoms with Gasteiger partial charge in [0.05, 0.1) is 6.54 Å². The normalized spacial score (nSPS) is 11.1. The lowest BCUT2D eigenvalue weighted by molar-refractivity contribution is -0.116. The molecule has 0 aliphatic rings. The van der Waals surface area contributed by atoms with Gasteiger partial charge in [0.1, 0.15) is 0 Å². The molecule has 0 saturated heterocycles. The van der Waals surface area contributed by atoms with Crippen LogP contribution in [-0.2, 0) is 17.9 Å². The van der Waals surface area contributed by atoms with Crippen molar-refractivity contribution in [2.75, 3.05) is 11.9 Å². The number of hydrogen-bond acceptors (Lipinski definition) is 2. The van der Waals surface area contributed by atoms with Gasteiger partial charge in [-0.1, -0.05) is 48.9 Å². The van der Waals surface area contributed by atoms with Gasteiger partial charge in [-0.2, -0.15) is 0 Å². The number of guanidine groups is 1. The van der Waals surface area contributed by atoms with E-state index in [2.05, 4.69) is 52.1 Å². The minimum Gasteiger partial charge on any atom is -0.357 e. The molecule has 0 aliphatic heterocycles. The maximum Gasteiger partial charge on any atom is 0.224 e. The summed E-state index contributed by atoms with van der Waals surface area (Å²) in [7, 11) is 0. The molecule has 0 aromatic heterocycles.